The van der Waals surface area contributed by atoms with Gasteiger partial charge in [0.1, 0.15) is 4.90 Å². The van der Waals surface area contributed by atoms with Crippen molar-refractivity contribution >= 4 is 15.7 Å². The molecule has 0 aliphatic heterocycles. The molecule has 0 atom stereocenters. The molecule has 0 saturated carbocycles. The van der Waals surface area contributed by atoms with Gasteiger partial charge >= 0.3 is 0 Å². The molecule has 0 heterocycles. The van der Waals surface area contributed by atoms with Gasteiger partial charge in [0.15, 0.2) is 11.5 Å². The van der Waals surface area contributed by atoms with Crippen LogP contribution in [0.25, 0.3) is 0 Å². The van der Waals surface area contributed by atoms with Gasteiger partial charge < -0.3 is 14.2 Å². The maximum atomic E-state index is 12.6. The number of nitrogens with one attached hydrogen (secondary N) is 1. The molecule has 0 aliphatic rings. The van der Waals surface area contributed by atoms with Crippen LogP contribution >= 0.6 is 0 Å². The molecule has 0 saturated heterocycles. The molecule has 1 N–H and O–H groups in total. The highest BCUT2D eigenvalue weighted by molar-refractivity contribution is 7.92. The lowest BCUT2D eigenvalue weighted by molar-refractivity contribution is 0.319. The van der Waals surface area contributed by atoms with Crippen molar-refractivity contribution in [2.75, 3.05) is 26.1 Å². The van der Waals surface area contributed by atoms with E-state index in [1.54, 1.807) is 30.3 Å². The van der Waals surface area contributed by atoms with Gasteiger partial charge in [-0.05, 0) is 24.3 Å². The number of para-hydroxylation sites is 1. The molecular weight excluding hydrogens is 306 g/mol. The number of anilines is 1. The van der Waals surface area contributed by atoms with Crippen LogP contribution < -0.4 is 18.9 Å². The summed E-state index contributed by atoms with van der Waals surface area (Å²) in [5.41, 5.74) is 0.458. The van der Waals surface area contributed by atoms with Crippen LogP contribution in [-0.2, 0) is 10.0 Å². The third-order valence-corrected chi connectivity index (χ3v) is 4.39. The Morgan fingerprint density at radius 1 is 0.818 bits per heavy atom. The Hall–Kier alpha value is -2.41. The third kappa shape index (κ3) is 3.09. The molecule has 2 rings (SSSR count). The number of benzene rings is 2. The molecule has 0 aliphatic carbocycles. The van der Waals surface area contributed by atoms with E-state index in [-0.39, 0.29) is 16.4 Å². The third-order valence-electron chi connectivity index (χ3n) is 2.98. The van der Waals surface area contributed by atoms with Gasteiger partial charge in [-0.3, -0.25) is 4.72 Å². The fraction of sp³-hybridized carbons (Fsp3) is 0.200. The van der Waals surface area contributed by atoms with Crippen molar-refractivity contribution in [2.45, 2.75) is 4.90 Å². The van der Waals surface area contributed by atoms with E-state index in [1.807, 2.05) is 0 Å². The minimum atomic E-state index is -3.82. The first-order valence-electron chi connectivity index (χ1n) is 6.40. The van der Waals surface area contributed by atoms with Gasteiger partial charge in [0, 0.05) is 5.69 Å². The summed E-state index contributed by atoms with van der Waals surface area (Å²) in [5, 5.41) is 0. The van der Waals surface area contributed by atoms with Gasteiger partial charge in [-0.2, -0.15) is 0 Å². The lowest BCUT2D eigenvalue weighted by Gasteiger charge is -2.16. The molecule has 7 heteroatoms. The van der Waals surface area contributed by atoms with E-state index in [2.05, 4.69) is 4.72 Å². The van der Waals surface area contributed by atoms with Crippen LogP contribution in [0.5, 0.6) is 17.2 Å². The zero-order chi connectivity index (χ0) is 16.2. The molecular formula is C15H17NO5S. The smallest absolute Gasteiger partial charge is 0.265 e. The summed E-state index contributed by atoms with van der Waals surface area (Å²) in [6.07, 6.45) is 0. The standard InChI is InChI=1S/C15H17NO5S/c1-19-12-9-10-13(15(21-3)14(12)20-2)22(17,18)16-11-7-5-4-6-8-11/h4-10,16H,1-3H3. The van der Waals surface area contributed by atoms with Gasteiger partial charge in [-0.1, -0.05) is 18.2 Å². The van der Waals surface area contributed by atoms with Crippen molar-refractivity contribution in [2.24, 2.45) is 0 Å². The predicted octanol–water partition coefficient (Wildman–Crippen LogP) is 2.51. The summed E-state index contributed by atoms with van der Waals surface area (Å²) >= 11 is 0. The van der Waals surface area contributed by atoms with Gasteiger partial charge in [0.2, 0.25) is 5.75 Å². The summed E-state index contributed by atoms with van der Waals surface area (Å²) < 4.78 is 43.2. The van der Waals surface area contributed by atoms with Crippen LogP contribution in [0.4, 0.5) is 5.69 Å². The molecule has 118 valence electrons. The van der Waals surface area contributed by atoms with E-state index in [0.717, 1.165) is 0 Å². The van der Waals surface area contributed by atoms with Crippen LogP contribution in [0, 0.1) is 0 Å². The van der Waals surface area contributed by atoms with Crippen molar-refractivity contribution in [1.82, 2.24) is 0 Å². The maximum Gasteiger partial charge on any atom is 0.265 e. The first kappa shape index (κ1) is 16.0. The number of sulfonamides is 1. The second-order valence-corrected chi connectivity index (χ2v) is 5.95. The summed E-state index contributed by atoms with van der Waals surface area (Å²) in [4.78, 5) is -0.0310. The SMILES string of the molecule is COc1ccc(S(=O)(=O)Nc2ccccc2)c(OC)c1OC. The van der Waals surface area contributed by atoms with Gasteiger partial charge in [-0.25, -0.2) is 8.42 Å². The largest absolute Gasteiger partial charge is 0.493 e. The Labute approximate surface area is 129 Å². The Kier molecular flexibility index (Phi) is 4.77. The lowest BCUT2D eigenvalue weighted by Crippen LogP contribution is -2.14. The molecule has 0 unspecified atom stereocenters. The molecule has 0 aromatic heterocycles. The first-order valence-corrected chi connectivity index (χ1v) is 7.88. The number of hydrogen-bond donors (Lipinski definition) is 1. The average molecular weight is 323 g/mol. The highest BCUT2D eigenvalue weighted by Crippen LogP contribution is 2.42. The molecule has 0 amide bonds. The summed E-state index contributed by atoms with van der Waals surface area (Å²) in [7, 11) is 0.434. The monoisotopic (exact) mass is 323 g/mol. The molecule has 2 aromatic rings. The van der Waals surface area contributed by atoms with Crippen molar-refractivity contribution in [1.29, 1.82) is 0 Å². The van der Waals surface area contributed by atoms with Crippen LogP contribution in [-0.4, -0.2) is 29.7 Å². The molecule has 0 spiro atoms. The minimum absolute atomic E-state index is 0.0310. The second kappa shape index (κ2) is 6.57. The molecule has 6 nitrogen and oxygen atoms in total. The lowest BCUT2D eigenvalue weighted by atomic mass is 10.3. The van der Waals surface area contributed by atoms with Crippen LogP contribution in [0.1, 0.15) is 0 Å². The van der Waals surface area contributed by atoms with E-state index >= 15 is 0 Å². The number of methoxy groups -OCH3 is 3. The van der Waals surface area contributed by atoms with Crippen molar-refractivity contribution in [3.05, 3.63) is 42.5 Å². The van der Waals surface area contributed by atoms with Crippen LogP contribution in [0.2, 0.25) is 0 Å². The van der Waals surface area contributed by atoms with Crippen molar-refractivity contribution in [3.8, 4) is 17.2 Å². The normalized spacial score (nSPS) is 10.9. The molecule has 22 heavy (non-hydrogen) atoms. The first-order chi connectivity index (χ1) is 10.5. The van der Waals surface area contributed by atoms with Gasteiger partial charge in [-0.15, -0.1) is 0 Å². The minimum Gasteiger partial charge on any atom is -0.493 e. The number of hydrogen-bond acceptors (Lipinski definition) is 5. The van der Waals surface area contributed by atoms with Crippen molar-refractivity contribution < 1.29 is 22.6 Å². The topological polar surface area (TPSA) is 73.9 Å². The highest BCUT2D eigenvalue weighted by atomic mass is 32.2. The average Bonchev–Trinajstić information content (AvgIpc) is 2.53. The second-order valence-electron chi connectivity index (χ2n) is 4.30. The summed E-state index contributed by atoms with van der Waals surface area (Å²) in [5.74, 6) is 0.698. The predicted molar refractivity (Wildman–Crippen MR) is 83.3 cm³/mol. The number of ether oxygens (including phenoxy) is 3. The Balaban J connectivity index is 2.51. The quantitative estimate of drug-likeness (QED) is 0.884. The van der Waals surface area contributed by atoms with E-state index in [9.17, 15) is 8.42 Å². The molecule has 0 radical (unpaired) electrons. The van der Waals surface area contributed by atoms with E-state index in [1.165, 1.54) is 33.5 Å². The van der Waals surface area contributed by atoms with Crippen molar-refractivity contribution in [3.63, 3.8) is 0 Å². The van der Waals surface area contributed by atoms with E-state index in [4.69, 9.17) is 14.2 Å². The van der Waals surface area contributed by atoms with Gasteiger partial charge in [0.25, 0.3) is 10.0 Å². The Bertz CT molecular complexity index is 744. The molecule has 2 aromatic carbocycles. The van der Waals surface area contributed by atoms with E-state index < -0.39 is 10.0 Å². The molecule has 0 fully saturated rings. The fourth-order valence-electron chi connectivity index (χ4n) is 2.00. The zero-order valence-electron chi connectivity index (χ0n) is 12.5. The molecule has 0 bridgehead atoms. The maximum absolute atomic E-state index is 12.6. The Morgan fingerprint density at radius 3 is 2.00 bits per heavy atom. The summed E-state index contributed by atoms with van der Waals surface area (Å²) in [6, 6.07) is 11.5. The van der Waals surface area contributed by atoms with Crippen LogP contribution in [0.3, 0.4) is 0 Å². The van der Waals surface area contributed by atoms with Gasteiger partial charge in [0.05, 0.1) is 21.3 Å². The summed E-state index contributed by atoms with van der Waals surface area (Å²) in [6.45, 7) is 0. The zero-order valence-corrected chi connectivity index (χ0v) is 13.3. The highest BCUT2D eigenvalue weighted by Gasteiger charge is 2.25. The number of rotatable bonds is 6. The Morgan fingerprint density at radius 2 is 1.45 bits per heavy atom. The fourth-order valence-corrected chi connectivity index (χ4v) is 3.23. The van der Waals surface area contributed by atoms with E-state index in [0.29, 0.717) is 11.4 Å². The van der Waals surface area contributed by atoms with Crippen LogP contribution in [0.15, 0.2) is 47.4 Å².